The number of carbonyl (C=O) groups excluding carboxylic acids is 3. The van der Waals surface area contributed by atoms with Crippen molar-refractivity contribution >= 4 is 29.1 Å². The number of benzene rings is 2. The molecule has 2 aromatic carbocycles. The van der Waals surface area contributed by atoms with Gasteiger partial charge in [0, 0.05) is 29.4 Å². The summed E-state index contributed by atoms with van der Waals surface area (Å²) in [4.78, 5) is 37.6. The molecule has 3 rings (SSSR count). The molecule has 0 radical (unpaired) electrons. The Balaban J connectivity index is 2.12. The van der Waals surface area contributed by atoms with Crippen molar-refractivity contribution in [2.75, 3.05) is 7.11 Å². The molecule has 0 bridgehead atoms. The first-order chi connectivity index (χ1) is 13.3. The van der Waals surface area contributed by atoms with Crippen LogP contribution in [-0.4, -0.2) is 34.4 Å². The van der Waals surface area contributed by atoms with Crippen LogP contribution in [0.15, 0.2) is 48.8 Å². The Bertz CT molecular complexity index is 1090. The van der Waals surface area contributed by atoms with Gasteiger partial charge in [-0.05, 0) is 36.4 Å². The van der Waals surface area contributed by atoms with Crippen LogP contribution in [0.2, 0.25) is 5.02 Å². The van der Waals surface area contributed by atoms with Crippen LogP contribution >= 0.6 is 11.6 Å². The lowest BCUT2D eigenvalue weighted by molar-refractivity contribution is 0.0596. The van der Waals surface area contributed by atoms with Gasteiger partial charge in [-0.15, -0.1) is 0 Å². The minimum atomic E-state index is -1.00. The fraction of sp³-hybridized carbons (Fsp3) is 0.100. The van der Waals surface area contributed by atoms with E-state index < -0.39 is 28.9 Å². The van der Waals surface area contributed by atoms with Crippen LogP contribution in [0.5, 0.6) is 0 Å². The van der Waals surface area contributed by atoms with E-state index in [4.69, 9.17) is 11.6 Å². The van der Waals surface area contributed by atoms with E-state index in [2.05, 4.69) is 9.84 Å². The molecule has 1 heterocycles. The Morgan fingerprint density at radius 3 is 2.29 bits per heavy atom. The van der Waals surface area contributed by atoms with Crippen molar-refractivity contribution in [3.05, 3.63) is 87.4 Å². The molecule has 142 valence electrons. The first-order valence-corrected chi connectivity index (χ1v) is 8.45. The maximum atomic E-state index is 14.9. The molecule has 3 aromatic rings. The molecule has 0 amide bonds. The Morgan fingerprint density at radius 1 is 1.04 bits per heavy atom. The molecule has 8 heteroatoms. The molecule has 0 unspecified atom stereocenters. The zero-order valence-electron chi connectivity index (χ0n) is 14.9. The van der Waals surface area contributed by atoms with Crippen molar-refractivity contribution < 1.29 is 23.5 Å². The highest BCUT2D eigenvalue weighted by molar-refractivity contribution is 6.30. The van der Waals surface area contributed by atoms with Crippen molar-refractivity contribution in [2.45, 2.75) is 0 Å². The zero-order valence-corrected chi connectivity index (χ0v) is 15.7. The summed E-state index contributed by atoms with van der Waals surface area (Å²) < 4.78 is 21.0. The zero-order chi connectivity index (χ0) is 20.4. The van der Waals surface area contributed by atoms with E-state index in [1.54, 1.807) is 7.05 Å². The Morgan fingerprint density at radius 2 is 1.71 bits per heavy atom. The smallest absolute Gasteiger partial charge is 0.338 e. The average Bonchev–Trinajstić information content (AvgIpc) is 3.12. The first kappa shape index (κ1) is 19.4. The van der Waals surface area contributed by atoms with Crippen molar-refractivity contribution in [1.29, 1.82) is 0 Å². The van der Waals surface area contributed by atoms with Gasteiger partial charge < -0.3 is 4.74 Å². The Labute approximate surface area is 164 Å². The number of carbonyl (C=O) groups is 3. The van der Waals surface area contributed by atoms with Crippen molar-refractivity contribution in [1.82, 2.24) is 9.78 Å². The molecule has 0 fully saturated rings. The quantitative estimate of drug-likeness (QED) is 0.484. The van der Waals surface area contributed by atoms with Gasteiger partial charge in [0.2, 0.25) is 0 Å². The van der Waals surface area contributed by atoms with Gasteiger partial charge in [0.1, 0.15) is 5.82 Å². The highest BCUT2D eigenvalue weighted by Crippen LogP contribution is 2.24. The normalized spacial score (nSPS) is 10.6. The molecule has 0 aliphatic rings. The minimum Gasteiger partial charge on any atom is -0.465 e. The van der Waals surface area contributed by atoms with E-state index in [-0.39, 0.29) is 22.3 Å². The lowest BCUT2D eigenvalue weighted by Gasteiger charge is -2.11. The molecule has 1 aromatic heterocycles. The molecular weight excluding hydrogens is 387 g/mol. The van der Waals surface area contributed by atoms with E-state index in [1.807, 2.05) is 0 Å². The lowest BCUT2D eigenvalue weighted by Crippen LogP contribution is -2.16. The van der Waals surface area contributed by atoms with E-state index in [0.717, 1.165) is 19.2 Å². The molecular formula is C20H14ClFN2O4. The number of aryl methyl sites for hydroxylation is 1. The number of hydrogen-bond acceptors (Lipinski definition) is 5. The van der Waals surface area contributed by atoms with Crippen molar-refractivity contribution in [3.8, 4) is 0 Å². The van der Waals surface area contributed by atoms with Crippen LogP contribution in [0.1, 0.15) is 42.2 Å². The van der Waals surface area contributed by atoms with Gasteiger partial charge in [0.05, 0.1) is 30.0 Å². The molecule has 0 aliphatic carbocycles. The van der Waals surface area contributed by atoms with Crippen LogP contribution in [0.25, 0.3) is 0 Å². The number of ether oxygens (including phenoxy) is 1. The van der Waals surface area contributed by atoms with Gasteiger partial charge in [-0.25, -0.2) is 9.18 Å². The third-order valence-electron chi connectivity index (χ3n) is 4.06. The SMILES string of the molecule is COC(=O)c1cc(C(=O)c2cnn(C)c2)cc(F)c1C(=O)c1ccc(Cl)cc1. The minimum absolute atomic E-state index is 0.0986. The highest BCUT2D eigenvalue weighted by atomic mass is 35.5. The van der Waals surface area contributed by atoms with Crippen LogP contribution in [0.4, 0.5) is 4.39 Å². The number of nitrogens with zero attached hydrogens (tertiary/aromatic N) is 2. The van der Waals surface area contributed by atoms with Crippen LogP contribution in [0.3, 0.4) is 0 Å². The number of rotatable bonds is 5. The topological polar surface area (TPSA) is 78.3 Å². The molecule has 0 spiro atoms. The summed E-state index contributed by atoms with van der Waals surface area (Å²) in [6, 6.07) is 7.85. The van der Waals surface area contributed by atoms with Gasteiger partial charge in [0.25, 0.3) is 0 Å². The summed E-state index contributed by atoms with van der Waals surface area (Å²) in [7, 11) is 2.73. The van der Waals surface area contributed by atoms with E-state index >= 15 is 0 Å². The summed E-state index contributed by atoms with van der Waals surface area (Å²) in [5.41, 5.74) is -0.556. The fourth-order valence-electron chi connectivity index (χ4n) is 2.69. The number of aromatic nitrogens is 2. The van der Waals surface area contributed by atoms with E-state index in [9.17, 15) is 18.8 Å². The highest BCUT2D eigenvalue weighted by Gasteiger charge is 2.26. The summed E-state index contributed by atoms with van der Waals surface area (Å²) in [6.45, 7) is 0. The Kier molecular flexibility index (Phi) is 5.37. The van der Waals surface area contributed by atoms with Crippen molar-refractivity contribution in [2.24, 2.45) is 7.05 Å². The molecule has 0 saturated heterocycles. The summed E-state index contributed by atoms with van der Waals surface area (Å²) >= 11 is 5.81. The lowest BCUT2D eigenvalue weighted by atomic mass is 9.94. The number of ketones is 2. The third kappa shape index (κ3) is 3.70. The number of methoxy groups -OCH3 is 1. The number of halogens is 2. The van der Waals surface area contributed by atoms with Gasteiger partial charge in [-0.2, -0.15) is 5.10 Å². The number of esters is 1. The molecule has 6 nitrogen and oxygen atoms in total. The van der Waals surface area contributed by atoms with Crippen LogP contribution < -0.4 is 0 Å². The average molecular weight is 401 g/mol. The molecule has 28 heavy (non-hydrogen) atoms. The van der Waals surface area contributed by atoms with Gasteiger partial charge in [-0.3, -0.25) is 14.3 Å². The second-order valence-corrected chi connectivity index (χ2v) is 6.38. The van der Waals surface area contributed by atoms with Gasteiger partial charge in [-0.1, -0.05) is 11.6 Å². The fourth-order valence-corrected chi connectivity index (χ4v) is 2.82. The van der Waals surface area contributed by atoms with Gasteiger partial charge >= 0.3 is 5.97 Å². The summed E-state index contributed by atoms with van der Waals surface area (Å²) in [5, 5.41) is 4.30. The predicted octanol–water partition coefficient (Wildman–Crippen LogP) is 3.46. The Hall–Kier alpha value is -3.32. The molecule has 0 aliphatic heterocycles. The number of hydrogen-bond donors (Lipinski definition) is 0. The summed E-state index contributed by atoms with van der Waals surface area (Å²) in [5.74, 6) is -3.20. The predicted molar refractivity (Wildman–Crippen MR) is 99.3 cm³/mol. The second kappa shape index (κ2) is 7.74. The van der Waals surface area contributed by atoms with Crippen LogP contribution in [0, 0.1) is 5.82 Å². The van der Waals surface area contributed by atoms with Gasteiger partial charge in [0.15, 0.2) is 11.6 Å². The monoisotopic (exact) mass is 400 g/mol. The summed E-state index contributed by atoms with van der Waals surface area (Å²) in [6.07, 6.45) is 2.79. The van der Waals surface area contributed by atoms with Crippen LogP contribution in [-0.2, 0) is 11.8 Å². The first-order valence-electron chi connectivity index (χ1n) is 8.07. The maximum Gasteiger partial charge on any atom is 0.338 e. The standard InChI is InChI=1S/C20H14ClFN2O4/c1-24-10-13(9-23-24)18(25)12-7-15(20(27)28-2)17(16(22)8-12)19(26)11-3-5-14(21)6-4-11/h3-10H,1-2H3. The van der Waals surface area contributed by atoms with E-state index in [1.165, 1.54) is 41.3 Å². The second-order valence-electron chi connectivity index (χ2n) is 5.94. The van der Waals surface area contributed by atoms with E-state index in [0.29, 0.717) is 5.02 Å². The molecule has 0 saturated carbocycles. The largest absolute Gasteiger partial charge is 0.465 e. The van der Waals surface area contributed by atoms with Crippen molar-refractivity contribution in [3.63, 3.8) is 0 Å². The third-order valence-corrected chi connectivity index (χ3v) is 4.31. The molecule has 0 atom stereocenters. The maximum absolute atomic E-state index is 14.9. The molecule has 0 N–H and O–H groups in total.